The Bertz CT molecular complexity index is 2800. The molecule has 0 aliphatic carbocycles. The minimum atomic E-state index is -5.20. The number of ether oxygens (including phenoxy) is 5. The molecule has 0 spiro atoms. The Morgan fingerprint density at radius 1 is 0.915 bits per heavy atom. The topological polar surface area (TPSA) is 115 Å². The zero-order chi connectivity index (χ0) is 50.3. The van der Waals surface area contributed by atoms with E-state index in [4.69, 9.17) is 28.7 Å². The standard InChI is InChI=1S/C52H57F6N7O6/c1-28-40(52(56,57)58)36(21-38(41(28)54)62(23-30-9-14-34(67-6)15-10-30)24-31-11-16-35(68-7)17-12-31)43-42(55)44-39-46(61-48(60-44)69-27-51-19-8-20-63(51)25-32(53)22-51)64-26-33-13-18-37(45(64)29(2)70-47(39)59-43)65(33)49(66)71-50(3,4)5/h9-12,14-17,21,29,32-33,37,45H,8,13,18-20,22-27H2,1-7H3/t29-,32+,33+,37-,45?,51-/m0/s1. The van der Waals surface area contributed by atoms with Gasteiger partial charge in [0.05, 0.1) is 49.1 Å². The molecule has 0 saturated carbocycles. The highest BCUT2D eigenvalue weighted by Crippen LogP contribution is 2.50. The molecule has 5 aliphatic heterocycles. The summed E-state index contributed by atoms with van der Waals surface area (Å²) < 4.78 is 126. The van der Waals surface area contributed by atoms with E-state index in [1.165, 1.54) is 14.2 Å². The molecule has 2 bridgehead atoms. The van der Waals surface area contributed by atoms with Gasteiger partial charge in [0.2, 0.25) is 5.88 Å². The molecular weight excluding hydrogens is 933 g/mol. The van der Waals surface area contributed by atoms with Gasteiger partial charge in [-0.2, -0.15) is 23.1 Å². The van der Waals surface area contributed by atoms with E-state index in [0.29, 0.717) is 48.4 Å². The highest BCUT2D eigenvalue weighted by molar-refractivity contribution is 5.98. The lowest BCUT2D eigenvalue weighted by Crippen LogP contribution is -2.65. The molecule has 2 aromatic heterocycles. The molecule has 13 nitrogen and oxygen atoms in total. The van der Waals surface area contributed by atoms with Gasteiger partial charge >= 0.3 is 18.3 Å². The van der Waals surface area contributed by atoms with Gasteiger partial charge in [0.15, 0.2) is 5.82 Å². The Morgan fingerprint density at radius 2 is 1.58 bits per heavy atom. The molecule has 19 heteroatoms. The summed E-state index contributed by atoms with van der Waals surface area (Å²) >= 11 is 0. The molecular formula is C52H57F6N7O6. The van der Waals surface area contributed by atoms with E-state index in [2.05, 4.69) is 9.97 Å². The van der Waals surface area contributed by atoms with Gasteiger partial charge in [-0.15, -0.1) is 0 Å². The molecule has 5 aliphatic rings. The number of pyridine rings is 1. The number of alkyl halides is 4. The van der Waals surface area contributed by atoms with E-state index < -0.39 is 87.3 Å². The largest absolute Gasteiger partial charge is 0.497 e. The second kappa shape index (κ2) is 18.1. The maximum Gasteiger partial charge on any atom is 0.417 e. The molecule has 0 N–H and O–H groups in total. The van der Waals surface area contributed by atoms with Crippen LogP contribution >= 0.6 is 0 Å². The number of benzene rings is 3. The number of anilines is 2. The maximum absolute atomic E-state index is 18.1. The first kappa shape index (κ1) is 48.4. The van der Waals surface area contributed by atoms with Crippen LogP contribution < -0.4 is 28.7 Å². The van der Waals surface area contributed by atoms with Crippen molar-refractivity contribution < 1.29 is 54.8 Å². The van der Waals surface area contributed by atoms with Gasteiger partial charge in [-0.05, 0) is 114 Å². The Kier molecular flexibility index (Phi) is 12.3. The van der Waals surface area contributed by atoms with Crippen LogP contribution in [0.2, 0.25) is 0 Å². The number of piperazine rings is 1. The van der Waals surface area contributed by atoms with Crippen LogP contribution in [-0.4, -0.2) is 113 Å². The van der Waals surface area contributed by atoms with Crippen molar-refractivity contribution in [3.63, 3.8) is 0 Å². The predicted octanol–water partition coefficient (Wildman–Crippen LogP) is 10.2. The van der Waals surface area contributed by atoms with E-state index in [-0.39, 0.29) is 74.0 Å². The quantitative estimate of drug-likeness (QED) is 0.117. The van der Waals surface area contributed by atoms with Crippen LogP contribution in [0.25, 0.3) is 22.2 Å². The Hall–Kier alpha value is -6.24. The van der Waals surface area contributed by atoms with Crippen LogP contribution in [0.3, 0.4) is 0 Å². The number of nitrogens with zero attached hydrogens (tertiary/aromatic N) is 7. The monoisotopic (exact) mass is 989 g/mol. The highest BCUT2D eigenvalue weighted by Gasteiger charge is 2.55. The van der Waals surface area contributed by atoms with Crippen molar-refractivity contribution in [2.45, 2.75) is 128 Å². The summed E-state index contributed by atoms with van der Waals surface area (Å²) in [5, 5.41) is -0.00309. The lowest BCUT2D eigenvalue weighted by molar-refractivity contribution is -0.137. The van der Waals surface area contributed by atoms with Crippen molar-refractivity contribution in [1.29, 1.82) is 0 Å². The summed E-state index contributed by atoms with van der Waals surface area (Å²) in [5.41, 5.74) is -4.47. The van der Waals surface area contributed by atoms with Crippen LogP contribution in [0, 0.1) is 18.6 Å². The van der Waals surface area contributed by atoms with E-state index >= 15 is 22.0 Å². The van der Waals surface area contributed by atoms with Crippen molar-refractivity contribution in [3.8, 4) is 34.6 Å². The smallest absolute Gasteiger partial charge is 0.417 e. The van der Waals surface area contributed by atoms with Crippen LogP contribution in [-0.2, 0) is 24.0 Å². The third-order valence-electron chi connectivity index (χ3n) is 14.7. The number of hydrogen-bond acceptors (Lipinski definition) is 12. The number of hydrogen-bond donors (Lipinski definition) is 0. The lowest BCUT2D eigenvalue weighted by atomic mass is 9.95. The zero-order valence-corrected chi connectivity index (χ0v) is 40.7. The van der Waals surface area contributed by atoms with Gasteiger partial charge in [0, 0.05) is 38.2 Å². The number of carbonyl (C=O) groups is 1. The summed E-state index contributed by atoms with van der Waals surface area (Å²) in [6.45, 7) is 9.31. The van der Waals surface area contributed by atoms with Crippen molar-refractivity contribution in [2.75, 3.05) is 50.3 Å². The number of carbonyl (C=O) groups excluding carboxylic acids is 1. The maximum atomic E-state index is 18.1. The summed E-state index contributed by atoms with van der Waals surface area (Å²) in [5.74, 6) is -1.34. The molecule has 1 amide bonds. The number of rotatable bonds is 11. The molecule has 4 fully saturated rings. The minimum absolute atomic E-state index is 0.00309. The summed E-state index contributed by atoms with van der Waals surface area (Å²) in [4.78, 5) is 35.2. The van der Waals surface area contributed by atoms with Gasteiger partial charge in [-0.25, -0.2) is 22.9 Å². The van der Waals surface area contributed by atoms with Crippen LogP contribution in [0.15, 0.2) is 54.6 Å². The van der Waals surface area contributed by atoms with Crippen molar-refractivity contribution in [2.24, 2.45) is 0 Å². The van der Waals surface area contributed by atoms with Crippen LogP contribution in [0.1, 0.15) is 82.1 Å². The molecule has 3 aromatic carbocycles. The molecule has 5 aromatic rings. The van der Waals surface area contributed by atoms with E-state index in [0.717, 1.165) is 19.4 Å². The number of methoxy groups -OCH3 is 2. The van der Waals surface area contributed by atoms with E-state index in [9.17, 15) is 9.18 Å². The number of halogens is 6. The van der Waals surface area contributed by atoms with Gasteiger partial charge in [-0.3, -0.25) is 9.80 Å². The first-order valence-electron chi connectivity index (χ1n) is 24.0. The fraction of sp³-hybridized carbons (Fsp3) is 0.500. The van der Waals surface area contributed by atoms with Crippen molar-refractivity contribution in [3.05, 3.63) is 88.5 Å². The number of fused-ring (bicyclic) bond motifs is 6. The Morgan fingerprint density at radius 3 is 2.20 bits per heavy atom. The van der Waals surface area contributed by atoms with Gasteiger partial charge in [0.1, 0.15) is 64.2 Å². The average Bonchev–Trinajstić information content (AvgIpc) is 3.94. The SMILES string of the molecule is COc1ccc(CN(Cc2ccc(OC)cc2)c2cc(-c3nc4c5c(nc(OC[C@@]67CCCN6C[C@H](F)C7)nc5c3F)N3C[C@H]5CC[C@@H](C3[C@H](C)O4)N5C(=O)OC(C)(C)C)c(C(F)(F)F)c(C)c2F)cc1. The third-order valence-corrected chi connectivity index (χ3v) is 14.7. The molecule has 6 atom stereocenters. The fourth-order valence-corrected chi connectivity index (χ4v) is 11.6. The molecule has 1 unspecified atom stereocenters. The van der Waals surface area contributed by atoms with Crippen LogP contribution in [0.5, 0.6) is 23.4 Å². The first-order valence-corrected chi connectivity index (χ1v) is 24.0. The lowest BCUT2D eigenvalue weighted by Gasteiger charge is -2.48. The van der Waals surface area contributed by atoms with E-state index in [1.54, 1.807) is 86.0 Å². The van der Waals surface area contributed by atoms with E-state index in [1.807, 2.05) is 9.80 Å². The summed E-state index contributed by atoms with van der Waals surface area (Å²) in [6.07, 6.45) is -4.66. The van der Waals surface area contributed by atoms with Crippen molar-refractivity contribution in [1.82, 2.24) is 24.8 Å². The average molecular weight is 990 g/mol. The molecule has 378 valence electrons. The Labute approximate surface area is 408 Å². The van der Waals surface area contributed by atoms with Crippen LogP contribution in [0.4, 0.5) is 42.6 Å². The van der Waals surface area contributed by atoms with Gasteiger partial charge in [0.25, 0.3) is 0 Å². The molecule has 4 saturated heterocycles. The summed E-state index contributed by atoms with van der Waals surface area (Å²) in [7, 11) is 3.04. The second-order valence-corrected chi connectivity index (χ2v) is 20.5. The fourth-order valence-electron chi connectivity index (χ4n) is 11.6. The Balaban J connectivity index is 1.15. The molecule has 0 radical (unpaired) electrons. The molecule has 10 rings (SSSR count). The van der Waals surface area contributed by atoms with Gasteiger partial charge in [-0.1, -0.05) is 24.3 Å². The minimum Gasteiger partial charge on any atom is -0.497 e. The highest BCUT2D eigenvalue weighted by atomic mass is 19.4. The normalized spacial score (nSPS) is 23.8. The summed E-state index contributed by atoms with van der Waals surface area (Å²) in [6, 6.07) is 13.2. The second-order valence-electron chi connectivity index (χ2n) is 20.5. The number of amides is 1. The van der Waals surface area contributed by atoms with Crippen molar-refractivity contribution >= 4 is 28.5 Å². The zero-order valence-electron chi connectivity index (χ0n) is 40.7. The predicted molar refractivity (Wildman–Crippen MR) is 253 cm³/mol. The first-order chi connectivity index (χ1) is 33.8. The van der Waals surface area contributed by atoms with Gasteiger partial charge < -0.3 is 33.5 Å². The molecule has 7 heterocycles. The number of aromatic nitrogens is 3. The third kappa shape index (κ3) is 8.85. The molecule has 71 heavy (non-hydrogen) atoms.